The first kappa shape index (κ1) is 16.6. The Morgan fingerprint density at radius 2 is 1.81 bits per heavy atom. The first-order valence-corrected chi connectivity index (χ1v) is 9.55. The second-order valence-corrected chi connectivity index (χ2v) is 7.15. The van der Waals surface area contributed by atoms with Crippen LogP contribution in [0, 0.1) is 0 Å². The molecule has 0 aliphatic heterocycles. The van der Waals surface area contributed by atoms with E-state index < -0.39 is 0 Å². The van der Waals surface area contributed by atoms with Gasteiger partial charge in [-0.15, -0.1) is 11.3 Å². The van der Waals surface area contributed by atoms with E-state index in [1.165, 1.54) is 23.1 Å². The van der Waals surface area contributed by atoms with E-state index in [2.05, 4.69) is 20.3 Å². The molecule has 0 spiro atoms. The molecular formula is C19H14N4OS2. The summed E-state index contributed by atoms with van der Waals surface area (Å²) in [5.41, 5.74) is 0. The Morgan fingerprint density at radius 3 is 2.58 bits per heavy atom. The van der Waals surface area contributed by atoms with Crippen molar-refractivity contribution in [3.8, 4) is 11.5 Å². The molecule has 4 rings (SSSR count). The predicted molar refractivity (Wildman–Crippen MR) is 105 cm³/mol. The summed E-state index contributed by atoms with van der Waals surface area (Å²) in [7, 11) is 0. The highest BCUT2D eigenvalue weighted by Gasteiger charge is 2.11. The van der Waals surface area contributed by atoms with E-state index in [9.17, 15) is 0 Å². The van der Waals surface area contributed by atoms with E-state index in [0.29, 0.717) is 11.6 Å². The first-order valence-electron chi connectivity index (χ1n) is 7.85. The van der Waals surface area contributed by atoms with Gasteiger partial charge in [-0.1, -0.05) is 36.0 Å². The predicted octanol–water partition coefficient (Wildman–Crippen LogP) is 5.62. The number of anilines is 2. The summed E-state index contributed by atoms with van der Waals surface area (Å²) < 4.78 is 6.05. The lowest BCUT2D eigenvalue weighted by Crippen LogP contribution is -1.97. The van der Waals surface area contributed by atoms with Gasteiger partial charge in [-0.25, -0.2) is 15.0 Å². The molecule has 0 aliphatic carbocycles. The first-order chi connectivity index (χ1) is 12.9. The quantitative estimate of drug-likeness (QED) is 0.470. The zero-order valence-corrected chi connectivity index (χ0v) is 15.2. The molecule has 0 bridgehead atoms. The summed E-state index contributed by atoms with van der Waals surface area (Å²) in [5, 5.41) is 6.79. The van der Waals surface area contributed by atoms with Crippen molar-refractivity contribution in [1.82, 2.24) is 15.0 Å². The van der Waals surface area contributed by atoms with Crippen molar-refractivity contribution in [2.24, 2.45) is 0 Å². The number of thiazole rings is 1. The lowest BCUT2D eigenvalue weighted by Gasteiger charge is -2.12. The number of rotatable bonds is 6. The lowest BCUT2D eigenvalue weighted by atomic mass is 10.3. The number of nitrogens with zero attached hydrogens (tertiary/aromatic N) is 3. The van der Waals surface area contributed by atoms with Gasteiger partial charge in [0.25, 0.3) is 0 Å². The van der Waals surface area contributed by atoms with Crippen LogP contribution in [0.1, 0.15) is 0 Å². The average molecular weight is 378 g/mol. The minimum absolute atomic E-state index is 0.620. The van der Waals surface area contributed by atoms with Crippen LogP contribution in [-0.4, -0.2) is 15.0 Å². The van der Waals surface area contributed by atoms with Gasteiger partial charge in [0, 0.05) is 34.9 Å². The van der Waals surface area contributed by atoms with E-state index in [4.69, 9.17) is 4.74 Å². The molecule has 1 aromatic carbocycles. The Bertz CT molecular complexity index is 964. The number of benzene rings is 1. The number of para-hydroxylation sites is 1. The molecule has 5 nitrogen and oxygen atoms in total. The summed E-state index contributed by atoms with van der Waals surface area (Å²) in [5.74, 6) is 2.00. The summed E-state index contributed by atoms with van der Waals surface area (Å²) in [4.78, 5) is 14.1. The Hall–Kier alpha value is -2.90. The zero-order valence-electron chi connectivity index (χ0n) is 13.6. The standard InChI is InChI=1S/C19H14N4OS2/c1-2-6-14(7-3-1)24-16-12-15(26-17-8-4-5-9-20-17)13-22-18(16)23-19-21-10-11-25-19/h1-13H,(H,21,22,23). The third kappa shape index (κ3) is 4.19. The lowest BCUT2D eigenvalue weighted by molar-refractivity contribution is 0.481. The van der Waals surface area contributed by atoms with Crippen molar-refractivity contribution >= 4 is 34.0 Å². The van der Waals surface area contributed by atoms with Gasteiger partial charge in [0.05, 0.1) is 0 Å². The number of aromatic nitrogens is 3. The number of ether oxygens (including phenoxy) is 1. The van der Waals surface area contributed by atoms with E-state index >= 15 is 0 Å². The third-order valence-corrected chi connectivity index (χ3v) is 4.91. The Morgan fingerprint density at radius 1 is 0.923 bits per heavy atom. The Labute approximate surface area is 159 Å². The van der Waals surface area contributed by atoms with E-state index in [-0.39, 0.29) is 0 Å². The van der Waals surface area contributed by atoms with Crippen LogP contribution < -0.4 is 10.1 Å². The Kier molecular flexibility index (Phi) is 5.09. The minimum atomic E-state index is 0.620. The number of hydrogen-bond acceptors (Lipinski definition) is 7. The van der Waals surface area contributed by atoms with E-state index in [0.717, 1.165) is 20.8 Å². The second-order valence-electron chi connectivity index (χ2n) is 5.17. The van der Waals surface area contributed by atoms with Crippen molar-refractivity contribution < 1.29 is 4.74 Å². The van der Waals surface area contributed by atoms with Crippen molar-refractivity contribution in [3.63, 3.8) is 0 Å². The maximum absolute atomic E-state index is 6.05. The molecule has 0 aliphatic rings. The molecule has 0 saturated carbocycles. The number of nitrogens with one attached hydrogen (secondary N) is 1. The monoisotopic (exact) mass is 378 g/mol. The van der Waals surface area contributed by atoms with Gasteiger partial charge in [0.2, 0.25) is 0 Å². The van der Waals surface area contributed by atoms with Gasteiger partial charge in [-0.3, -0.25) is 0 Å². The molecule has 0 atom stereocenters. The fraction of sp³-hybridized carbons (Fsp3) is 0. The number of pyridine rings is 2. The third-order valence-electron chi connectivity index (χ3n) is 3.32. The normalized spacial score (nSPS) is 10.5. The zero-order chi connectivity index (χ0) is 17.6. The average Bonchev–Trinajstić information content (AvgIpc) is 3.19. The van der Waals surface area contributed by atoms with Gasteiger partial charge >= 0.3 is 0 Å². The topological polar surface area (TPSA) is 59.9 Å². The fourth-order valence-electron chi connectivity index (χ4n) is 2.18. The van der Waals surface area contributed by atoms with Crippen LogP contribution in [0.2, 0.25) is 0 Å². The second kappa shape index (κ2) is 7.99. The van der Waals surface area contributed by atoms with Crippen molar-refractivity contribution in [2.45, 2.75) is 9.92 Å². The largest absolute Gasteiger partial charge is 0.453 e. The van der Waals surface area contributed by atoms with Gasteiger partial charge in [-0.2, -0.15) is 0 Å². The highest BCUT2D eigenvalue weighted by atomic mass is 32.2. The van der Waals surface area contributed by atoms with Crippen LogP contribution in [0.4, 0.5) is 10.9 Å². The summed E-state index contributed by atoms with van der Waals surface area (Å²) in [6, 6.07) is 17.4. The van der Waals surface area contributed by atoms with Gasteiger partial charge in [-0.05, 0) is 24.3 Å². The van der Waals surface area contributed by atoms with Crippen LogP contribution in [0.15, 0.2) is 88.5 Å². The highest BCUT2D eigenvalue weighted by molar-refractivity contribution is 7.99. The highest BCUT2D eigenvalue weighted by Crippen LogP contribution is 2.35. The molecule has 1 N–H and O–H groups in total. The summed E-state index contributed by atoms with van der Waals surface area (Å²) >= 11 is 3.04. The molecule has 3 heterocycles. The summed E-state index contributed by atoms with van der Waals surface area (Å²) in [6.07, 6.45) is 5.32. The molecule has 4 aromatic rings. The molecule has 26 heavy (non-hydrogen) atoms. The molecule has 0 amide bonds. The number of hydrogen-bond donors (Lipinski definition) is 1. The molecule has 0 unspecified atom stereocenters. The van der Waals surface area contributed by atoms with Crippen LogP contribution in [0.25, 0.3) is 0 Å². The maximum Gasteiger partial charge on any atom is 0.188 e. The van der Waals surface area contributed by atoms with Crippen LogP contribution in [0.5, 0.6) is 11.5 Å². The van der Waals surface area contributed by atoms with E-state index in [1.807, 2.05) is 60.0 Å². The van der Waals surface area contributed by atoms with Crippen LogP contribution >= 0.6 is 23.1 Å². The van der Waals surface area contributed by atoms with E-state index in [1.54, 1.807) is 18.6 Å². The molecule has 3 aromatic heterocycles. The molecule has 128 valence electrons. The SMILES string of the molecule is c1ccc(Oc2cc(Sc3ccccn3)cnc2Nc2nccs2)cc1. The van der Waals surface area contributed by atoms with Gasteiger partial charge in [0.1, 0.15) is 10.8 Å². The molecule has 0 fully saturated rings. The molecule has 0 radical (unpaired) electrons. The summed E-state index contributed by atoms with van der Waals surface area (Å²) in [6.45, 7) is 0. The smallest absolute Gasteiger partial charge is 0.188 e. The van der Waals surface area contributed by atoms with Gasteiger partial charge < -0.3 is 10.1 Å². The maximum atomic E-state index is 6.05. The molecular weight excluding hydrogens is 364 g/mol. The molecule has 0 saturated heterocycles. The van der Waals surface area contributed by atoms with Crippen molar-refractivity contribution in [2.75, 3.05) is 5.32 Å². The van der Waals surface area contributed by atoms with Crippen molar-refractivity contribution in [3.05, 3.63) is 78.6 Å². The van der Waals surface area contributed by atoms with Crippen molar-refractivity contribution in [1.29, 1.82) is 0 Å². The van der Waals surface area contributed by atoms with Crippen LogP contribution in [-0.2, 0) is 0 Å². The molecule has 7 heteroatoms. The fourth-order valence-corrected chi connectivity index (χ4v) is 3.49. The minimum Gasteiger partial charge on any atom is -0.453 e. The Balaban J connectivity index is 1.64. The van der Waals surface area contributed by atoms with Gasteiger partial charge in [0.15, 0.2) is 16.7 Å². The van der Waals surface area contributed by atoms with Crippen LogP contribution in [0.3, 0.4) is 0 Å².